The molecule has 1 heterocycles. The van der Waals surface area contributed by atoms with Gasteiger partial charge in [0.15, 0.2) is 0 Å². The van der Waals surface area contributed by atoms with Crippen LogP contribution in [0.4, 0.5) is 4.39 Å². The fourth-order valence-corrected chi connectivity index (χ4v) is 1.92. The van der Waals surface area contributed by atoms with Crippen molar-refractivity contribution in [1.29, 1.82) is 0 Å². The fourth-order valence-electron chi connectivity index (χ4n) is 1.92. The second-order valence-corrected chi connectivity index (χ2v) is 4.40. The molecule has 0 unspecified atom stereocenters. The first-order valence-corrected chi connectivity index (χ1v) is 5.98. The molecule has 1 aromatic carbocycles. The van der Waals surface area contributed by atoms with Gasteiger partial charge in [0.1, 0.15) is 11.6 Å². The predicted octanol–water partition coefficient (Wildman–Crippen LogP) is 1.96. The van der Waals surface area contributed by atoms with Gasteiger partial charge in [0.2, 0.25) is 0 Å². The highest BCUT2D eigenvalue weighted by Gasteiger charge is 2.21. The summed E-state index contributed by atoms with van der Waals surface area (Å²) in [6, 6.07) is 6.08. The lowest BCUT2D eigenvalue weighted by molar-refractivity contribution is -0.0219. The van der Waals surface area contributed by atoms with Crippen LogP contribution in [0.3, 0.4) is 0 Å². The molecule has 2 atom stereocenters. The second-order valence-electron chi connectivity index (χ2n) is 4.40. The third-order valence-electron chi connectivity index (χ3n) is 3.03. The first kappa shape index (κ1) is 12.3. The Morgan fingerprint density at radius 2 is 2.06 bits per heavy atom. The molecule has 0 spiro atoms. The molecule has 17 heavy (non-hydrogen) atoms. The molecule has 0 saturated carbocycles. The molecule has 3 nitrogen and oxygen atoms in total. The van der Waals surface area contributed by atoms with Crippen LogP contribution >= 0.6 is 0 Å². The molecular weight excluding hydrogens is 221 g/mol. The van der Waals surface area contributed by atoms with Gasteiger partial charge in [0.05, 0.1) is 19.3 Å². The molecule has 0 aliphatic carbocycles. The van der Waals surface area contributed by atoms with Gasteiger partial charge < -0.3 is 15.2 Å². The summed E-state index contributed by atoms with van der Waals surface area (Å²) in [6.45, 7) is 1.90. The number of hydrogen-bond donors (Lipinski definition) is 1. The van der Waals surface area contributed by atoms with Gasteiger partial charge >= 0.3 is 0 Å². The molecule has 1 saturated heterocycles. The second kappa shape index (κ2) is 5.98. The van der Waals surface area contributed by atoms with Crippen LogP contribution in [0.15, 0.2) is 24.3 Å². The molecule has 0 radical (unpaired) electrons. The predicted molar refractivity (Wildman–Crippen MR) is 63.4 cm³/mol. The lowest BCUT2D eigenvalue weighted by atomic mass is 9.99. The van der Waals surface area contributed by atoms with Gasteiger partial charge in [-0.15, -0.1) is 0 Å². The van der Waals surface area contributed by atoms with Crippen LogP contribution in [0.5, 0.6) is 5.75 Å². The van der Waals surface area contributed by atoms with Crippen LogP contribution in [0.1, 0.15) is 12.8 Å². The Bertz CT molecular complexity index is 334. The number of hydrogen-bond acceptors (Lipinski definition) is 3. The summed E-state index contributed by atoms with van der Waals surface area (Å²) in [4.78, 5) is 0. The summed E-state index contributed by atoms with van der Waals surface area (Å²) in [6.07, 6.45) is 2.27. The van der Waals surface area contributed by atoms with Crippen LogP contribution in [0.25, 0.3) is 0 Å². The topological polar surface area (TPSA) is 44.5 Å². The van der Waals surface area contributed by atoms with Crippen LogP contribution < -0.4 is 10.5 Å². The van der Waals surface area contributed by atoms with Crippen molar-refractivity contribution in [2.45, 2.75) is 18.9 Å². The Morgan fingerprint density at radius 3 is 2.65 bits per heavy atom. The van der Waals surface area contributed by atoms with E-state index in [1.807, 2.05) is 0 Å². The van der Waals surface area contributed by atoms with E-state index in [2.05, 4.69) is 0 Å². The van der Waals surface area contributed by atoms with E-state index in [-0.39, 0.29) is 11.9 Å². The van der Waals surface area contributed by atoms with Crippen LogP contribution in [-0.4, -0.2) is 25.9 Å². The van der Waals surface area contributed by atoms with Gasteiger partial charge in [-0.1, -0.05) is 0 Å². The van der Waals surface area contributed by atoms with Gasteiger partial charge in [-0.25, -0.2) is 4.39 Å². The smallest absolute Gasteiger partial charge is 0.123 e. The van der Waals surface area contributed by atoms with Gasteiger partial charge in [0, 0.05) is 12.5 Å². The average Bonchev–Trinajstić information content (AvgIpc) is 2.39. The summed E-state index contributed by atoms with van der Waals surface area (Å²) in [7, 11) is 0. The number of nitrogens with two attached hydrogens (primary N) is 1. The van der Waals surface area contributed by atoms with Gasteiger partial charge in [-0.05, 0) is 37.1 Å². The Labute approximate surface area is 101 Å². The quantitative estimate of drug-likeness (QED) is 0.873. The molecule has 1 aliphatic heterocycles. The molecule has 1 aromatic rings. The van der Waals surface area contributed by atoms with E-state index < -0.39 is 0 Å². The van der Waals surface area contributed by atoms with Crippen molar-refractivity contribution in [2.75, 3.05) is 19.8 Å². The lowest BCUT2D eigenvalue weighted by Crippen LogP contribution is -2.33. The van der Waals surface area contributed by atoms with Crippen LogP contribution in [0, 0.1) is 11.7 Å². The van der Waals surface area contributed by atoms with Crippen molar-refractivity contribution in [3.8, 4) is 5.75 Å². The minimum atomic E-state index is -0.246. The monoisotopic (exact) mass is 239 g/mol. The van der Waals surface area contributed by atoms with E-state index in [0.29, 0.717) is 31.4 Å². The van der Waals surface area contributed by atoms with E-state index in [1.165, 1.54) is 12.1 Å². The van der Waals surface area contributed by atoms with Crippen molar-refractivity contribution < 1.29 is 13.9 Å². The molecular formula is C13H18FNO2. The van der Waals surface area contributed by atoms with Gasteiger partial charge in [-0.3, -0.25) is 0 Å². The van der Waals surface area contributed by atoms with Crippen LogP contribution in [-0.2, 0) is 4.74 Å². The maximum Gasteiger partial charge on any atom is 0.123 e. The van der Waals surface area contributed by atoms with Gasteiger partial charge in [-0.2, -0.15) is 0 Å². The Morgan fingerprint density at radius 1 is 1.29 bits per heavy atom. The van der Waals surface area contributed by atoms with E-state index in [0.717, 1.165) is 12.8 Å². The van der Waals surface area contributed by atoms with Crippen LogP contribution in [0.2, 0.25) is 0 Å². The van der Waals surface area contributed by atoms with Crippen molar-refractivity contribution in [3.05, 3.63) is 30.1 Å². The van der Waals surface area contributed by atoms with Crippen molar-refractivity contribution in [3.63, 3.8) is 0 Å². The molecule has 2 rings (SSSR count). The zero-order valence-corrected chi connectivity index (χ0v) is 9.77. The maximum absolute atomic E-state index is 12.7. The zero-order chi connectivity index (χ0) is 12.1. The minimum Gasteiger partial charge on any atom is -0.493 e. The summed E-state index contributed by atoms with van der Waals surface area (Å²) in [5.74, 6) is 0.860. The molecule has 94 valence electrons. The van der Waals surface area contributed by atoms with E-state index in [4.69, 9.17) is 15.2 Å². The largest absolute Gasteiger partial charge is 0.493 e. The molecule has 2 N–H and O–H groups in total. The highest BCUT2D eigenvalue weighted by atomic mass is 19.1. The SMILES string of the molecule is NC[C@H]1CC[C@@H](COc2ccc(F)cc2)CO1. The maximum atomic E-state index is 12.7. The molecule has 1 aliphatic rings. The number of halogens is 1. The Balaban J connectivity index is 1.74. The van der Waals surface area contributed by atoms with E-state index in [1.54, 1.807) is 12.1 Å². The summed E-state index contributed by atoms with van der Waals surface area (Å²) < 4.78 is 23.8. The number of ether oxygens (including phenoxy) is 2. The van der Waals surface area contributed by atoms with Crippen molar-refractivity contribution in [2.24, 2.45) is 11.7 Å². The summed E-state index contributed by atoms with van der Waals surface area (Å²) in [5.41, 5.74) is 5.54. The Kier molecular flexibility index (Phi) is 4.34. The highest BCUT2D eigenvalue weighted by Crippen LogP contribution is 2.20. The van der Waals surface area contributed by atoms with E-state index in [9.17, 15) is 4.39 Å². The third kappa shape index (κ3) is 3.68. The summed E-state index contributed by atoms with van der Waals surface area (Å²) in [5, 5.41) is 0. The van der Waals surface area contributed by atoms with E-state index >= 15 is 0 Å². The molecule has 0 aromatic heterocycles. The normalized spacial score (nSPS) is 24.6. The molecule has 0 amide bonds. The van der Waals surface area contributed by atoms with Crippen molar-refractivity contribution >= 4 is 0 Å². The lowest BCUT2D eigenvalue weighted by Gasteiger charge is -2.28. The first-order chi connectivity index (χ1) is 8.28. The molecule has 0 bridgehead atoms. The van der Waals surface area contributed by atoms with Crippen molar-refractivity contribution in [1.82, 2.24) is 0 Å². The zero-order valence-electron chi connectivity index (χ0n) is 9.77. The van der Waals surface area contributed by atoms with Gasteiger partial charge in [0.25, 0.3) is 0 Å². The summed E-state index contributed by atoms with van der Waals surface area (Å²) >= 11 is 0. The number of benzene rings is 1. The number of rotatable bonds is 4. The fraction of sp³-hybridized carbons (Fsp3) is 0.538. The standard InChI is InChI=1S/C13H18FNO2/c14-11-2-5-12(6-3-11)16-8-10-1-4-13(7-15)17-9-10/h2-3,5-6,10,13H,1,4,7-9,15H2/t10-,13+/m0/s1. The minimum absolute atomic E-state index is 0.206. The third-order valence-corrected chi connectivity index (χ3v) is 3.03. The highest BCUT2D eigenvalue weighted by molar-refractivity contribution is 5.22. The Hall–Kier alpha value is -1.13. The average molecular weight is 239 g/mol. The molecule has 4 heteroatoms. The first-order valence-electron chi connectivity index (χ1n) is 5.98. The molecule has 1 fully saturated rings.